The molecule has 0 amide bonds. The van der Waals surface area contributed by atoms with Gasteiger partial charge in [0.05, 0.1) is 4.34 Å². The van der Waals surface area contributed by atoms with Crippen LogP contribution in [-0.4, -0.2) is 7.05 Å². The summed E-state index contributed by atoms with van der Waals surface area (Å²) in [6.07, 6.45) is 4.10. The Morgan fingerprint density at radius 1 is 1.62 bits per heavy atom. The fourth-order valence-corrected chi connectivity index (χ4v) is 2.76. The first kappa shape index (κ1) is 9.50. The van der Waals surface area contributed by atoms with Crippen LogP contribution < -0.4 is 5.32 Å². The summed E-state index contributed by atoms with van der Waals surface area (Å²) in [5, 5.41) is 3.35. The quantitative estimate of drug-likeness (QED) is 0.811. The maximum absolute atomic E-state index is 5.90. The van der Waals surface area contributed by atoms with Crippen LogP contribution in [0.15, 0.2) is 12.1 Å². The molecule has 1 fully saturated rings. The Morgan fingerprint density at radius 2 is 2.38 bits per heavy atom. The Balaban J connectivity index is 2.01. The van der Waals surface area contributed by atoms with Gasteiger partial charge in [-0.1, -0.05) is 24.4 Å². The second-order valence-corrected chi connectivity index (χ2v) is 5.41. The van der Waals surface area contributed by atoms with Crippen LogP contribution in [0.3, 0.4) is 0 Å². The molecule has 0 aliphatic heterocycles. The lowest BCUT2D eigenvalue weighted by Crippen LogP contribution is -2.15. The maximum Gasteiger partial charge on any atom is 0.0931 e. The van der Waals surface area contributed by atoms with Gasteiger partial charge in [-0.3, -0.25) is 0 Å². The van der Waals surface area contributed by atoms with E-state index in [1.807, 2.05) is 13.1 Å². The number of hydrogen-bond donors (Lipinski definition) is 1. The molecule has 13 heavy (non-hydrogen) atoms. The molecule has 1 unspecified atom stereocenters. The summed E-state index contributed by atoms with van der Waals surface area (Å²) in [4.78, 5) is 1.37. The van der Waals surface area contributed by atoms with Crippen LogP contribution in [0.1, 0.15) is 30.2 Å². The van der Waals surface area contributed by atoms with Gasteiger partial charge in [0.25, 0.3) is 0 Å². The highest BCUT2D eigenvalue weighted by molar-refractivity contribution is 7.16. The largest absolute Gasteiger partial charge is 0.312 e. The van der Waals surface area contributed by atoms with E-state index in [4.69, 9.17) is 11.6 Å². The molecular weight excluding hydrogens is 202 g/mol. The van der Waals surface area contributed by atoms with E-state index in [1.165, 1.54) is 24.1 Å². The van der Waals surface area contributed by atoms with Gasteiger partial charge in [-0.05, 0) is 31.5 Å². The second kappa shape index (κ2) is 3.99. The molecule has 3 heteroatoms. The Morgan fingerprint density at radius 3 is 2.85 bits per heavy atom. The van der Waals surface area contributed by atoms with Gasteiger partial charge < -0.3 is 5.32 Å². The molecule has 1 atom stereocenters. The third-order valence-electron chi connectivity index (χ3n) is 2.55. The first-order valence-corrected chi connectivity index (χ1v) is 5.91. The van der Waals surface area contributed by atoms with Gasteiger partial charge in [0.1, 0.15) is 0 Å². The van der Waals surface area contributed by atoms with Crippen molar-refractivity contribution in [1.29, 1.82) is 0 Å². The lowest BCUT2D eigenvalue weighted by atomic mass is 10.1. The molecule has 0 saturated heterocycles. The highest BCUT2D eigenvalue weighted by Gasteiger charge is 2.26. The molecule has 0 bridgehead atoms. The van der Waals surface area contributed by atoms with E-state index < -0.39 is 0 Å². The minimum absolute atomic E-state index is 0.519. The van der Waals surface area contributed by atoms with Crippen molar-refractivity contribution in [3.05, 3.63) is 21.3 Å². The zero-order valence-corrected chi connectivity index (χ0v) is 9.29. The first-order chi connectivity index (χ1) is 6.29. The molecular formula is C10H14ClNS. The Bertz CT molecular complexity index is 280. The summed E-state index contributed by atoms with van der Waals surface area (Å²) in [5.74, 6) is 0.957. The van der Waals surface area contributed by atoms with Gasteiger partial charge in [-0.15, -0.1) is 11.3 Å². The average Bonchev–Trinajstić information content (AvgIpc) is 2.84. The zero-order chi connectivity index (χ0) is 9.26. The van der Waals surface area contributed by atoms with Gasteiger partial charge in [0.15, 0.2) is 0 Å². The number of thiophene rings is 1. The van der Waals surface area contributed by atoms with E-state index in [1.54, 1.807) is 11.3 Å². The Labute approximate surface area is 88.1 Å². The predicted octanol–water partition coefficient (Wildman–Crippen LogP) is 3.46. The van der Waals surface area contributed by atoms with Crippen molar-refractivity contribution in [3.63, 3.8) is 0 Å². The van der Waals surface area contributed by atoms with E-state index in [9.17, 15) is 0 Å². The third-order valence-corrected chi connectivity index (χ3v) is 3.90. The summed E-state index contributed by atoms with van der Waals surface area (Å²) in [6.45, 7) is 0. The van der Waals surface area contributed by atoms with Crippen molar-refractivity contribution in [2.75, 3.05) is 7.05 Å². The molecule has 1 aromatic rings. The van der Waals surface area contributed by atoms with Crippen molar-refractivity contribution >= 4 is 22.9 Å². The molecule has 1 aliphatic carbocycles. The topological polar surface area (TPSA) is 12.0 Å². The van der Waals surface area contributed by atoms with Crippen LogP contribution in [0.5, 0.6) is 0 Å². The van der Waals surface area contributed by atoms with Crippen molar-refractivity contribution in [2.24, 2.45) is 5.92 Å². The summed E-state index contributed by atoms with van der Waals surface area (Å²) in [7, 11) is 2.03. The molecule has 1 N–H and O–H groups in total. The van der Waals surface area contributed by atoms with Gasteiger partial charge in [0.2, 0.25) is 0 Å². The normalized spacial score (nSPS) is 18.9. The highest BCUT2D eigenvalue weighted by atomic mass is 35.5. The van der Waals surface area contributed by atoms with Crippen LogP contribution >= 0.6 is 22.9 Å². The number of nitrogens with one attached hydrogen (secondary N) is 1. The molecule has 1 aliphatic rings. The standard InChI is InChI=1S/C10H14ClNS/c1-12-8(6-7-2-3-7)9-4-5-10(11)13-9/h4-5,7-8,12H,2-3,6H2,1H3. The molecule has 72 valence electrons. The SMILES string of the molecule is CNC(CC1CC1)c1ccc(Cl)s1. The molecule has 0 spiro atoms. The minimum Gasteiger partial charge on any atom is -0.312 e. The monoisotopic (exact) mass is 215 g/mol. The van der Waals surface area contributed by atoms with Gasteiger partial charge in [-0.2, -0.15) is 0 Å². The van der Waals surface area contributed by atoms with Crippen molar-refractivity contribution in [1.82, 2.24) is 5.32 Å². The van der Waals surface area contributed by atoms with E-state index in [0.29, 0.717) is 6.04 Å². The first-order valence-electron chi connectivity index (χ1n) is 4.72. The van der Waals surface area contributed by atoms with Crippen LogP contribution in [0.2, 0.25) is 4.34 Å². The van der Waals surface area contributed by atoms with E-state index in [-0.39, 0.29) is 0 Å². The van der Waals surface area contributed by atoms with E-state index in [0.717, 1.165) is 10.3 Å². The Hall–Kier alpha value is -0.0500. The van der Waals surface area contributed by atoms with Gasteiger partial charge in [0, 0.05) is 10.9 Å². The molecule has 0 radical (unpaired) electrons. The smallest absolute Gasteiger partial charge is 0.0931 e. The molecule has 1 nitrogen and oxygen atoms in total. The summed E-state index contributed by atoms with van der Waals surface area (Å²) >= 11 is 7.60. The fourth-order valence-electron chi connectivity index (χ4n) is 1.58. The van der Waals surface area contributed by atoms with Crippen molar-refractivity contribution < 1.29 is 0 Å². The fraction of sp³-hybridized carbons (Fsp3) is 0.600. The van der Waals surface area contributed by atoms with E-state index >= 15 is 0 Å². The average molecular weight is 216 g/mol. The molecule has 0 aromatic carbocycles. The predicted molar refractivity (Wildman–Crippen MR) is 58.5 cm³/mol. The van der Waals surface area contributed by atoms with Gasteiger partial charge in [-0.25, -0.2) is 0 Å². The maximum atomic E-state index is 5.90. The second-order valence-electron chi connectivity index (χ2n) is 3.66. The molecule has 2 rings (SSSR count). The van der Waals surface area contributed by atoms with Gasteiger partial charge >= 0.3 is 0 Å². The summed E-state index contributed by atoms with van der Waals surface area (Å²) in [5.41, 5.74) is 0. The number of rotatable bonds is 4. The molecule has 1 heterocycles. The molecule has 1 saturated carbocycles. The number of hydrogen-bond acceptors (Lipinski definition) is 2. The lowest BCUT2D eigenvalue weighted by Gasteiger charge is -2.13. The summed E-state index contributed by atoms with van der Waals surface area (Å²) in [6, 6.07) is 4.64. The number of halogens is 1. The van der Waals surface area contributed by atoms with E-state index in [2.05, 4.69) is 11.4 Å². The van der Waals surface area contributed by atoms with Crippen LogP contribution in [0.4, 0.5) is 0 Å². The van der Waals surface area contributed by atoms with Crippen LogP contribution in [0, 0.1) is 5.92 Å². The third kappa shape index (κ3) is 2.46. The Kier molecular flexibility index (Phi) is 2.92. The molecule has 1 aromatic heterocycles. The van der Waals surface area contributed by atoms with Crippen LogP contribution in [0.25, 0.3) is 0 Å². The summed E-state index contributed by atoms with van der Waals surface area (Å²) < 4.78 is 0.894. The van der Waals surface area contributed by atoms with Crippen LogP contribution in [-0.2, 0) is 0 Å². The van der Waals surface area contributed by atoms with Crippen molar-refractivity contribution in [2.45, 2.75) is 25.3 Å². The lowest BCUT2D eigenvalue weighted by molar-refractivity contribution is 0.522. The minimum atomic E-state index is 0.519. The highest BCUT2D eigenvalue weighted by Crippen LogP contribution is 2.39. The zero-order valence-electron chi connectivity index (χ0n) is 7.72. The van der Waals surface area contributed by atoms with Crippen molar-refractivity contribution in [3.8, 4) is 0 Å².